The van der Waals surface area contributed by atoms with Crippen LogP contribution in [-0.2, 0) is 6.54 Å². The Hall–Kier alpha value is -1.92. The van der Waals surface area contributed by atoms with Gasteiger partial charge in [-0.05, 0) is 29.4 Å². The highest BCUT2D eigenvalue weighted by molar-refractivity contribution is 7.98. The van der Waals surface area contributed by atoms with Crippen LogP contribution < -0.4 is 0 Å². The van der Waals surface area contributed by atoms with E-state index in [9.17, 15) is 0 Å². The third-order valence-corrected chi connectivity index (χ3v) is 4.81. The Kier molecular flexibility index (Phi) is 4.70. The summed E-state index contributed by atoms with van der Waals surface area (Å²) in [5, 5.41) is 19.1. The molecule has 0 fully saturated rings. The van der Waals surface area contributed by atoms with E-state index < -0.39 is 0 Å². The van der Waals surface area contributed by atoms with Gasteiger partial charge in [0, 0.05) is 18.7 Å². The molecule has 2 aromatic heterocycles. The van der Waals surface area contributed by atoms with E-state index in [0.717, 1.165) is 28.0 Å². The van der Waals surface area contributed by atoms with Crippen molar-refractivity contribution in [2.24, 2.45) is 0 Å². The minimum absolute atomic E-state index is 0.653. The van der Waals surface area contributed by atoms with Gasteiger partial charge in [0.1, 0.15) is 0 Å². The smallest absolute Gasteiger partial charge is 0.191 e. The van der Waals surface area contributed by atoms with Crippen molar-refractivity contribution < 1.29 is 0 Å². The maximum atomic E-state index is 7.55. The van der Waals surface area contributed by atoms with E-state index in [2.05, 4.69) is 44.4 Å². The summed E-state index contributed by atoms with van der Waals surface area (Å²) in [6.45, 7) is 0.735. The predicted octanol–water partition coefficient (Wildman–Crippen LogP) is 4.19. The van der Waals surface area contributed by atoms with Crippen molar-refractivity contribution in [1.82, 2.24) is 14.8 Å². The zero-order chi connectivity index (χ0) is 15.4. The average Bonchev–Trinajstić information content (AvgIpc) is 3.18. The van der Waals surface area contributed by atoms with Crippen LogP contribution in [0.2, 0.25) is 0 Å². The summed E-state index contributed by atoms with van der Waals surface area (Å²) in [4.78, 5) is 1.13. The quantitative estimate of drug-likeness (QED) is 0.837. The summed E-state index contributed by atoms with van der Waals surface area (Å²) in [7, 11) is 0. The highest BCUT2D eigenvalue weighted by Crippen LogP contribution is 2.26. The molecule has 0 saturated heterocycles. The average molecular weight is 328 g/mol. The minimum Gasteiger partial charge on any atom is -0.305 e. The normalized spacial score (nSPS) is 14.8. The lowest BCUT2D eigenvalue weighted by Crippen LogP contribution is -2.00. The van der Waals surface area contributed by atoms with E-state index in [1.165, 1.54) is 0 Å². The lowest BCUT2D eigenvalue weighted by molar-refractivity contribution is 0.732. The molecule has 0 bridgehead atoms. The molecule has 1 aliphatic rings. The van der Waals surface area contributed by atoms with E-state index in [4.69, 9.17) is 5.41 Å². The van der Waals surface area contributed by atoms with Gasteiger partial charge in [-0.25, -0.2) is 0 Å². The second kappa shape index (κ2) is 6.89. The molecule has 4 nitrogen and oxygen atoms in total. The SMILES string of the molecule is CSc1nnc(-c2cccs2)n1C/C=C/C1=CCC(=N)C=C1. The Morgan fingerprint density at radius 2 is 2.32 bits per heavy atom. The minimum atomic E-state index is 0.653. The summed E-state index contributed by atoms with van der Waals surface area (Å²) in [6.07, 6.45) is 12.8. The lowest BCUT2D eigenvalue weighted by atomic mass is 10.1. The van der Waals surface area contributed by atoms with Gasteiger partial charge in [-0.1, -0.05) is 42.1 Å². The number of thioether (sulfide) groups is 1. The summed E-state index contributed by atoms with van der Waals surface area (Å²) in [5.74, 6) is 0.916. The lowest BCUT2D eigenvalue weighted by Gasteiger charge is -2.06. The zero-order valence-electron chi connectivity index (χ0n) is 12.2. The van der Waals surface area contributed by atoms with Crippen LogP contribution in [0.4, 0.5) is 0 Å². The Morgan fingerprint density at radius 1 is 1.41 bits per heavy atom. The summed E-state index contributed by atoms with van der Waals surface area (Å²) >= 11 is 3.28. The predicted molar refractivity (Wildman–Crippen MR) is 93.8 cm³/mol. The van der Waals surface area contributed by atoms with Crippen LogP contribution in [0.25, 0.3) is 10.7 Å². The van der Waals surface area contributed by atoms with Crippen LogP contribution in [0, 0.1) is 5.41 Å². The van der Waals surface area contributed by atoms with Crippen LogP contribution in [-0.4, -0.2) is 26.7 Å². The van der Waals surface area contributed by atoms with Crippen LogP contribution in [0.1, 0.15) is 6.42 Å². The van der Waals surface area contributed by atoms with Gasteiger partial charge in [0.05, 0.1) is 4.88 Å². The first-order valence-corrected chi connectivity index (χ1v) is 9.01. The van der Waals surface area contributed by atoms with E-state index in [-0.39, 0.29) is 0 Å². The maximum Gasteiger partial charge on any atom is 0.191 e. The van der Waals surface area contributed by atoms with Crippen molar-refractivity contribution in [3.05, 3.63) is 53.5 Å². The number of nitrogens with zero attached hydrogens (tertiary/aromatic N) is 3. The Morgan fingerprint density at radius 3 is 3.00 bits per heavy atom. The molecule has 0 unspecified atom stereocenters. The van der Waals surface area contributed by atoms with E-state index >= 15 is 0 Å². The number of thiophene rings is 1. The molecule has 0 aliphatic heterocycles. The van der Waals surface area contributed by atoms with Crippen molar-refractivity contribution in [3.8, 4) is 10.7 Å². The molecular weight excluding hydrogens is 312 g/mol. The van der Waals surface area contributed by atoms with Gasteiger partial charge in [-0.2, -0.15) is 0 Å². The van der Waals surface area contributed by atoms with Gasteiger partial charge in [-0.15, -0.1) is 21.5 Å². The Labute approximate surface area is 137 Å². The van der Waals surface area contributed by atoms with Crippen molar-refractivity contribution in [2.75, 3.05) is 6.26 Å². The molecule has 112 valence electrons. The van der Waals surface area contributed by atoms with Crippen molar-refractivity contribution in [3.63, 3.8) is 0 Å². The monoisotopic (exact) mass is 328 g/mol. The molecule has 6 heteroatoms. The number of nitrogens with one attached hydrogen (secondary N) is 1. The van der Waals surface area contributed by atoms with Gasteiger partial charge in [0.15, 0.2) is 11.0 Å². The van der Waals surface area contributed by atoms with Gasteiger partial charge in [-0.3, -0.25) is 4.57 Å². The highest BCUT2D eigenvalue weighted by Gasteiger charge is 2.12. The Balaban J connectivity index is 1.79. The molecule has 0 amide bonds. The first-order chi connectivity index (χ1) is 10.8. The summed E-state index contributed by atoms with van der Waals surface area (Å²) in [6, 6.07) is 4.09. The van der Waals surface area contributed by atoms with E-state index in [0.29, 0.717) is 12.1 Å². The molecule has 3 rings (SSSR count). The number of aromatic nitrogens is 3. The van der Waals surface area contributed by atoms with Crippen LogP contribution in [0.3, 0.4) is 0 Å². The fourth-order valence-electron chi connectivity index (χ4n) is 2.17. The molecule has 0 spiro atoms. The molecule has 1 aliphatic carbocycles. The molecule has 1 N–H and O–H groups in total. The zero-order valence-corrected chi connectivity index (χ0v) is 13.8. The number of rotatable bonds is 5. The molecule has 0 aromatic carbocycles. The molecule has 2 heterocycles. The first-order valence-electron chi connectivity index (χ1n) is 6.91. The maximum absolute atomic E-state index is 7.55. The Bertz CT molecular complexity index is 751. The molecule has 22 heavy (non-hydrogen) atoms. The number of hydrogen-bond donors (Lipinski definition) is 1. The van der Waals surface area contributed by atoms with Gasteiger partial charge < -0.3 is 5.41 Å². The fourth-order valence-corrected chi connectivity index (χ4v) is 3.39. The summed E-state index contributed by atoms with van der Waals surface area (Å²) < 4.78 is 2.13. The number of allylic oxidation sites excluding steroid dienone is 6. The van der Waals surface area contributed by atoms with Gasteiger partial charge >= 0.3 is 0 Å². The van der Waals surface area contributed by atoms with Crippen molar-refractivity contribution >= 4 is 28.8 Å². The number of hydrogen-bond acceptors (Lipinski definition) is 5. The third-order valence-electron chi connectivity index (χ3n) is 3.27. The molecular formula is C16H16N4S2. The molecule has 0 saturated carbocycles. The largest absolute Gasteiger partial charge is 0.305 e. The van der Waals surface area contributed by atoms with Gasteiger partial charge in [0.2, 0.25) is 0 Å². The van der Waals surface area contributed by atoms with Crippen LogP contribution in [0.5, 0.6) is 0 Å². The van der Waals surface area contributed by atoms with Crippen LogP contribution >= 0.6 is 23.1 Å². The summed E-state index contributed by atoms with van der Waals surface area (Å²) in [5.41, 5.74) is 1.80. The van der Waals surface area contributed by atoms with E-state index in [1.807, 2.05) is 24.5 Å². The van der Waals surface area contributed by atoms with Crippen LogP contribution in [0.15, 0.2) is 58.6 Å². The van der Waals surface area contributed by atoms with Gasteiger partial charge in [0.25, 0.3) is 0 Å². The molecule has 0 radical (unpaired) electrons. The first kappa shape index (κ1) is 15.0. The fraction of sp³-hybridized carbons (Fsp3) is 0.188. The van der Waals surface area contributed by atoms with Crippen molar-refractivity contribution in [1.29, 1.82) is 5.41 Å². The molecule has 2 aromatic rings. The molecule has 0 atom stereocenters. The second-order valence-corrected chi connectivity index (χ2v) is 6.49. The van der Waals surface area contributed by atoms with E-state index in [1.54, 1.807) is 23.1 Å². The highest BCUT2D eigenvalue weighted by atomic mass is 32.2. The topological polar surface area (TPSA) is 54.6 Å². The third kappa shape index (κ3) is 3.28. The standard InChI is InChI=1S/C16H16N4S2/c1-21-16-19-18-15(14-5-3-11-22-14)20(16)10-2-4-12-6-8-13(17)9-7-12/h2-8,11,17H,9-10H2,1H3/b4-2+,17-13?. The van der Waals surface area contributed by atoms with Crippen molar-refractivity contribution in [2.45, 2.75) is 18.1 Å². The second-order valence-electron chi connectivity index (χ2n) is 4.77.